The van der Waals surface area contributed by atoms with Crippen molar-refractivity contribution >= 4 is 11.3 Å². The lowest BCUT2D eigenvalue weighted by Crippen LogP contribution is -2.04. The molecule has 3 nitrogen and oxygen atoms in total. The Morgan fingerprint density at radius 3 is 2.60 bits per heavy atom. The molecular weight excluding hydrogens is 206 g/mol. The van der Waals surface area contributed by atoms with Gasteiger partial charge in [0.1, 0.15) is 10.0 Å². The van der Waals surface area contributed by atoms with Gasteiger partial charge in [-0.15, -0.1) is 10.2 Å². The van der Waals surface area contributed by atoms with E-state index in [4.69, 9.17) is 0 Å². The van der Waals surface area contributed by atoms with Crippen molar-refractivity contribution in [2.45, 2.75) is 51.0 Å². The number of nitrogens with zero attached hydrogens (tertiary/aromatic N) is 2. The van der Waals surface area contributed by atoms with E-state index in [1.807, 2.05) is 7.05 Å². The number of nitrogens with one attached hydrogen (secondary N) is 1. The van der Waals surface area contributed by atoms with Crippen LogP contribution < -0.4 is 5.32 Å². The summed E-state index contributed by atoms with van der Waals surface area (Å²) in [6, 6.07) is 0. The summed E-state index contributed by atoms with van der Waals surface area (Å²) in [6.07, 6.45) is 8.16. The molecule has 0 bridgehead atoms. The number of hydrogen-bond donors (Lipinski definition) is 1. The SMILES string of the molecule is CNCc1nnc(C2CCCCCC2)s1. The number of rotatable bonds is 3. The number of aromatic nitrogens is 2. The summed E-state index contributed by atoms with van der Waals surface area (Å²) in [5, 5.41) is 14.1. The maximum absolute atomic E-state index is 4.33. The zero-order chi connectivity index (χ0) is 10.5. The minimum absolute atomic E-state index is 0.690. The predicted octanol–water partition coefficient (Wildman–Crippen LogP) is 2.70. The van der Waals surface area contributed by atoms with Crippen molar-refractivity contribution in [1.29, 1.82) is 0 Å². The van der Waals surface area contributed by atoms with Crippen molar-refractivity contribution in [2.75, 3.05) is 7.05 Å². The summed E-state index contributed by atoms with van der Waals surface area (Å²) in [5.41, 5.74) is 0. The van der Waals surface area contributed by atoms with E-state index < -0.39 is 0 Å². The molecule has 0 unspecified atom stereocenters. The quantitative estimate of drug-likeness (QED) is 0.804. The maximum atomic E-state index is 4.33. The summed E-state index contributed by atoms with van der Waals surface area (Å²) in [7, 11) is 1.95. The van der Waals surface area contributed by atoms with Crippen LogP contribution in [0, 0.1) is 0 Å². The van der Waals surface area contributed by atoms with Crippen molar-refractivity contribution in [3.63, 3.8) is 0 Å². The Kier molecular flexibility index (Phi) is 4.09. The Labute approximate surface area is 95.3 Å². The summed E-state index contributed by atoms with van der Waals surface area (Å²) in [5.74, 6) is 0.690. The Morgan fingerprint density at radius 1 is 1.20 bits per heavy atom. The zero-order valence-electron chi connectivity index (χ0n) is 9.33. The van der Waals surface area contributed by atoms with Gasteiger partial charge in [-0.25, -0.2) is 0 Å². The van der Waals surface area contributed by atoms with E-state index >= 15 is 0 Å². The molecule has 0 radical (unpaired) electrons. The molecular formula is C11H19N3S. The molecule has 1 aliphatic carbocycles. The van der Waals surface area contributed by atoms with Gasteiger partial charge in [-0.3, -0.25) is 0 Å². The Hall–Kier alpha value is -0.480. The molecule has 1 aromatic rings. The molecule has 2 rings (SSSR count). The van der Waals surface area contributed by atoms with Gasteiger partial charge in [-0.1, -0.05) is 37.0 Å². The van der Waals surface area contributed by atoms with Gasteiger partial charge >= 0.3 is 0 Å². The van der Waals surface area contributed by atoms with Crippen LogP contribution in [-0.2, 0) is 6.54 Å². The fourth-order valence-electron chi connectivity index (χ4n) is 2.18. The van der Waals surface area contributed by atoms with E-state index in [-0.39, 0.29) is 0 Å². The Balaban J connectivity index is 2.00. The molecule has 1 aliphatic rings. The fourth-order valence-corrected chi connectivity index (χ4v) is 3.20. The second-order valence-corrected chi connectivity index (χ2v) is 5.35. The van der Waals surface area contributed by atoms with Crippen molar-refractivity contribution in [1.82, 2.24) is 15.5 Å². The molecule has 1 aromatic heterocycles. The van der Waals surface area contributed by atoms with E-state index in [1.54, 1.807) is 11.3 Å². The van der Waals surface area contributed by atoms with Crippen LogP contribution >= 0.6 is 11.3 Å². The summed E-state index contributed by atoms with van der Waals surface area (Å²) >= 11 is 1.79. The topological polar surface area (TPSA) is 37.8 Å². The molecule has 0 aliphatic heterocycles. The van der Waals surface area contributed by atoms with E-state index in [0.29, 0.717) is 5.92 Å². The third-order valence-corrected chi connectivity index (χ3v) is 4.10. The molecule has 0 aromatic carbocycles. The maximum Gasteiger partial charge on any atom is 0.131 e. The lowest BCUT2D eigenvalue weighted by atomic mass is 10.0. The third kappa shape index (κ3) is 2.98. The smallest absolute Gasteiger partial charge is 0.131 e. The molecule has 1 fully saturated rings. The lowest BCUT2D eigenvalue weighted by Gasteiger charge is -2.08. The van der Waals surface area contributed by atoms with Crippen molar-refractivity contribution in [3.8, 4) is 0 Å². The first-order chi connectivity index (χ1) is 7.40. The molecule has 0 saturated heterocycles. The Bertz CT molecular complexity index is 290. The minimum Gasteiger partial charge on any atom is -0.313 e. The molecule has 1 saturated carbocycles. The van der Waals surface area contributed by atoms with Gasteiger partial charge in [0, 0.05) is 12.5 Å². The van der Waals surface area contributed by atoms with Crippen LogP contribution in [0.1, 0.15) is 54.5 Å². The molecule has 1 heterocycles. The van der Waals surface area contributed by atoms with Crippen LogP contribution in [0.3, 0.4) is 0 Å². The number of hydrogen-bond acceptors (Lipinski definition) is 4. The lowest BCUT2D eigenvalue weighted by molar-refractivity contribution is 0.583. The van der Waals surface area contributed by atoms with Crippen LogP contribution in [0.15, 0.2) is 0 Å². The average Bonchev–Trinajstić information content (AvgIpc) is 2.53. The average molecular weight is 225 g/mol. The second-order valence-electron chi connectivity index (χ2n) is 4.25. The van der Waals surface area contributed by atoms with Crippen LogP contribution in [0.25, 0.3) is 0 Å². The first-order valence-corrected chi connectivity index (χ1v) is 6.68. The third-order valence-electron chi connectivity index (χ3n) is 3.01. The second kappa shape index (κ2) is 5.56. The molecule has 15 heavy (non-hydrogen) atoms. The summed E-state index contributed by atoms with van der Waals surface area (Å²) in [4.78, 5) is 0. The standard InChI is InChI=1S/C11H19N3S/c1-12-8-10-13-14-11(15-10)9-6-4-2-3-5-7-9/h9,12H,2-8H2,1H3. The highest BCUT2D eigenvalue weighted by molar-refractivity contribution is 7.11. The fraction of sp³-hybridized carbons (Fsp3) is 0.818. The first kappa shape index (κ1) is 11.0. The molecule has 1 N–H and O–H groups in total. The summed E-state index contributed by atoms with van der Waals surface area (Å²) in [6.45, 7) is 0.852. The highest BCUT2D eigenvalue weighted by Gasteiger charge is 2.18. The van der Waals surface area contributed by atoms with Crippen molar-refractivity contribution in [3.05, 3.63) is 10.0 Å². The molecule has 0 atom stereocenters. The highest BCUT2D eigenvalue weighted by Crippen LogP contribution is 2.32. The van der Waals surface area contributed by atoms with Gasteiger partial charge in [0.25, 0.3) is 0 Å². The predicted molar refractivity (Wildman–Crippen MR) is 63.1 cm³/mol. The van der Waals surface area contributed by atoms with Gasteiger partial charge < -0.3 is 5.32 Å². The van der Waals surface area contributed by atoms with E-state index in [1.165, 1.54) is 43.5 Å². The van der Waals surface area contributed by atoms with Gasteiger partial charge in [0.05, 0.1) is 0 Å². The van der Waals surface area contributed by atoms with Gasteiger partial charge in [-0.05, 0) is 19.9 Å². The Morgan fingerprint density at radius 2 is 1.93 bits per heavy atom. The van der Waals surface area contributed by atoms with Crippen molar-refractivity contribution < 1.29 is 0 Å². The van der Waals surface area contributed by atoms with Gasteiger partial charge in [0.2, 0.25) is 0 Å². The van der Waals surface area contributed by atoms with Crippen LogP contribution in [0.5, 0.6) is 0 Å². The van der Waals surface area contributed by atoms with Crippen LogP contribution in [0.4, 0.5) is 0 Å². The zero-order valence-corrected chi connectivity index (χ0v) is 10.1. The van der Waals surface area contributed by atoms with Crippen LogP contribution in [-0.4, -0.2) is 17.2 Å². The van der Waals surface area contributed by atoms with Gasteiger partial charge in [0.15, 0.2) is 0 Å². The highest BCUT2D eigenvalue weighted by atomic mass is 32.1. The monoisotopic (exact) mass is 225 g/mol. The first-order valence-electron chi connectivity index (χ1n) is 5.87. The molecule has 4 heteroatoms. The summed E-state index contributed by atoms with van der Waals surface area (Å²) < 4.78 is 0. The van der Waals surface area contributed by atoms with Gasteiger partial charge in [-0.2, -0.15) is 0 Å². The minimum atomic E-state index is 0.690. The van der Waals surface area contributed by atoms with Crippen molar-refractivity contribution in [2.24, 2.45) is 0 Å². The van der Waals surface area contributed by atoms with Crippen LogP contribution in [0.2, 0.25) is 0 Å². The molecule has 0 amide bonds. The molecule has 84 valence electrons. The largest absolute Gasteiger partial charge is 0.313 e. The van der Waals surface area contributed by atoms with E-state index in [2.05, 4.69) is 15.5 Å². The normalized spacial score (nSPS) is 19.0. The molecule has 0 spiro atoms. The van der Waals surface area contributed by atoms with E-state index in [9.17, 15) is 0 Å². The van der Waals surface area contributed by atoms with E-state index in [0.717, 1.165) is 11.6 Å².